The Morgan fingerprint density at radius 2 is 1.24 bits per heavy atom. The van der Waals surface area contributed by atoms with Crippen LogP contribution in [0.1, 0.15) is 0 Å². The first-order chi connectivity index (χ1) is 10.4. The summed E-state index contributed by atoms with van der Waals surface area (Å²) in [5, 5.41) is 2.54. The molecule has 1 nitrogen and oxygen atoms in total. The molecule has 0 saturated heterocycles. The number of hydrogen-bond acceptors (Lipinski definition) is 1. The predicted molar refractivity (Wildman–Crippen MR) is 87.1 cm³/mol. The third-order valence-electron chi connectivity index (χ3n) is 3.77. The van der Waals surface area contributed by atoms with Gasteiger partial charge < -0.3 is 4.42 Å². The predicted octanol–water partition coefficient (Wildman–Crippen LogP) is 5.77. The van der Waals surface area contributed by atoms with Crippen LogP contribution in [0.25, 0.3) is 33.2 Å². The second-order valence-electron chi connectivity index (χ2n) is 5.12. The van der Waals surface area contributed by atoms with E-state index in [1.54, 1.807) is 6.26 Å². The number of furan rings is 1. The standard InChI is InChI=1S/C20H14O/c1-2-5-18-14-19(12-9-15(18)4-1)16-7-10-17(11-8-16)20-6-3-13-21-20/h1-14H. The van der Waals surface area contributed by atoms with Crippen molar-refractivity contribution in [2.45, 2.75) is 0 Å². The lowest BCUT2D eigenvalue weighted by molar-refractivity contribution is 0.582. The fourth-order valence-electron chi connectivity index (χ4n) is 2.64. The van der Waals surface area contributed by atoms with Crippen molar-refractivity contribution in [3.63, 3.8) is 0 Å². The van der Waals surface area contributed by atoms with Gasteiger partial charge in [-0.15, -0.1) is 0 Å². The van der Waals surface area contributed by atoms with Crippen molar-refractivity contribution in [2.24, 2.45) is 0 Å². The maximum absolute atomic E-state index is 5.42. The molecule has 1 aromatic heterocycles. The van der Waals surface area contributed by atoms with Crippen LogP contribution in [0.3, 0.4) is 0 Å². The van der Waals surface area contributed by atoms with Crippen LogP contribution in [0, 0.1) is 0 Å². The second-order valence-corrected chi connectivity index (χ2v) is 5.12. The van der Waals surface area contributed by atoms with E-state index in [4.69, 9.17) is 4.42 Å². The Morgan fingerprint density at radius 3 is 2.00 bits per heavy atom. The highest BCUT2D eigenvalue weighted by molar-refractivity contribution is 5.87. The fourth-order valence-corrected chi connectivity index (χ4v) is 2.64. The van der Waals surface area contributed by atoms with E-state index in [0.717, 1.165) is 11.3 Å². The smallest absolute Gasteiger partial charge is 0.133 e. The summed E-state index contributed by atoms with van der Waals surface area (Å²) in [7, 11) is 0. The molecular weight excluding hydrogens is 256 g/mol. The SMILES string of the molecule is c1coc(-c2ccc(-c3ccc4ccccc4c3)cc2)c1. The van der Waals surface area contributed by atoms with E-state index in [9.17, 15) is 0 Å². The Hall–Kier alpha value is -2.80. The molecule has 0 bridgehead atoms. The molecule has 0 N–H and O–H groups in total. The molecule has 0 radical (unpaired) electrons. The second kappa shape index (κ2) is 4.95. The lowest BCUT2D eigenvalue weighted by Crippen LogP contribution is -1.80. The van der Waals surface area contributed by atoms with Gasteiger partial charge in [0, 0.05) is 5.56 Å². The van der Waals surface area contributed by atoms with E-state index in [2.05, 4.69) is 66.7 Å². The number of hydrogen-bond donors (Lipinski definition) is 0. The van der Waals surface area contributed by atoms with Crippen molar-refractivity contribution in [3.05, 3.63) is 85.1 Å². The molecule has 0 aliphatic rings. The summed E-state index contributed by atoms with van der Waals surface area (Å²) >= 11 is 0. The number of benzene rings is 3. The summed E-state index contributed by atoms with van der Waals surface area (Å²) < 4.78 is 5.42. The van der Waals surface area contributed by atoms with E-state index < -0.39 is 0 Å². The first-order valence-electron chi connectivity index (χ1n) is 7.03. The summed E-state index contributed by atoms with van der Waals surface area (Å²) in [5.74, 6) is 0.903. The normalized spacial score (nSPS) is 10.9. The first-order valence-corrected chi connectivity index (χ1v) is 7.03. The maximum atomic E-state index is 5.42. The largest absolute Gasteiger partial charge is 0.464 e. The van der Waals surface area contributed by atoms with Crippen molar-refractivity contribution >= 4 is 10.8 Å². The van der Waals surface area contributed by atoms with Gasteiger partial charge in [0.05, 0.1) is 6.26 Å². The molecule has 4 rings (SSSR count). The minimum atomic E-state index is 0.903. The van der Waals surface area contributed by atoms with Crippen LogP contribution in [0.15, 0.2) is 89.5 Å². The van der Waals surface area contributed by atoms with Crippen molar-refractivity contribution in [2.75, 3.05) is 0 Å². The van der Waals surface area contributed by atoms with Gasteiger partial charge in [-0.05, 0) is 40.1 Å². The number of fused-ring (bicyclic) bond motifs is 1. The molecular formula is C20H14O. The average Bonchev–Trinajstić information content (AvgIpc) is 3.09. The molecule has 0 saturated carbocycles. The summed E-state index contributed by atoms with van der Waals surface area (Å²) in [6.45, 7) is 0. The highest BCUT2D eigenvalue weighted by Crippen LogP contribution is 2.27. The number of rotatable bonds is 2. The lowest BCUT2D eigenvalue weighted by Gasteiger charge is -2.05. The van der Waals surface area contributed by atoms with Gasteiger partial charge in [0.15, 0.2) is 0 Å². The zero-order valence-electron chi connectivity index (χ0n) is 11.5. The molecule has 0 spiro atoms. The van der Waals surface area contributed by atoms with Gasteiger partial charge in [-0.1, -0.05) is 60.7 Å². The van der Waals surface area contributed by atoms with E-state index in [1.165, 1.54) is 21.9 Å². The van der Waals surface area contributed by atoms with Gasteiger partial charge in [-0.2, -0.15) is 0 Å². The lowest BCUT2D eigenvalue weighted by atomic mass is 10.00. The Kier molecular flexibility index (Phi) is 2.82. The van der Waals surface area contributed by atoms with Crippen LogP contribution >= 0.6 is 0 Å². The van der Waals surface area contributed by atoms with Crippen LogP contribution in [0.5, 0.6) is 0 Å². The average molecular weight is 270 g/mol. The molecule has 1 heterocycles. The molecule has 4 aromatic rings. The van der Waals surface area contributed by atoms with Gasteiger partial charge >= 0.3 is 0 Å². The minimum Gasteiger partial charge on any atom is -0.464 e. The maximum Gasteiger partial charge on any atom is 0.133 e. The molecule has 1 heteroatoms. The van der Waals surface area contributed by atoms with Crippen LogP contribution in [-0.2, 0) is 0 Å². The van der Waals surface area contributed by atoms with Crippen LogP contribution < -0.4 is 0 Å². The van der Waals surface area contributed by atoms with Crippen LogP contribution in [0.4, 0.5) is 0 Å². The zero-order chi connectivity index (χ0) is 14.1. The van der Waals surface area contributed by atoms with E-state index in [-0.39, 0.29) is 0 Å². The summed E-state index contributed by atoms with van der Waals surface area (Å²) in [5.41, 5.74) is 3.56. The summed E-state index contributed by atoms with van der Waals surface area (Å²) in [6.07, 6.45) is 1.70. The molecule has 100 valence electrons. The van der Waals surface area contributed by atoms with Crippen LogP contribution in [0.2, 0.25) is 0 Å². The minimum absolute atomic E-state index is 0.903. The van der Waals surface area contributed by atoms with E-state index in [1.807, 2.05) is 12.1 Å². The van der Waals surface area contributed by atoms with Crippen molar-refractivity contribution in [1.82, 2.24) is 0 Å². The molecule has 0 aliphatic heterocycles. The quantitative estimate of drug-likeness (QED) is 0.451. The monoisotopic (exact) mass is 270 g/mol. The first kappa shape index (κ1) is 12.0. The molecule has 0 fully saturated rings. The Balaban J connectivity index is 1.74. The van der Waals surface area contributed by atoms with Gasteiger partial charge in [-0.3, -0.25) is 0 Å². The molecule has 0 unspecified atom stereocenters. The van der Waals surface area contributed by atoms with Crippen molar-refractivity contribution in [3.8, 4) is 22.5 Å². The van der Waals surface area contributed by atoms with E-state index in [0.29, 0.717) is 0 Å². The van der Waals surface area contributed by atoms with Crippen molar-refractivity contribution < 1.29 is 4.42 Å². The van der Waals surface area contributed by atoms with Gasteiger partial charge in [0.25, 0.3) is 0 Å². The third kappa shape index (κ3) is 2.23. The highest BCUT2D eigenvalue weighted by atomic mass is 16.3. The van der Waals surface area contributed by atoms with E-state index >= 15 is 0 Å². The van der Waals surface area contributed by atoms with Gasteiger partial charge in [0.2, 0.25) is 0 Å². The fraction of sp³-hybridized carbons (Fsp3) is 0. The van der Waals surface area contributed by atoms with Gasteiger partial charge in [0.1, 0.15) is 5.76 Å². The molecule has 21 heavy (non-hydrogen) atoms. The summed E-state index contributed by atoms with van der Waals surface area (Å²) in [6, 6.07) is 27.4. The Bertz CT molecular complexity index is 871. The Labute approximate surface area is 123 Å². The Morgan fingerprint density at radius 1 is 0.524 bits per heavy atom. The summed E-state index contributed by atoms with van der Waals surface area (Å²) in [4.78, 5) is 0. The molecule has 0 amide bonds. The highest BCUT2D eigenvalue weighted by Gasteiger charge is 2.03. The zero-order valence-corrected chi connectivity index (χ0v) is 11.5. The topological polar surface area (TPSA) is 13.1 Å². The van der Waals surface area contributed by atoms with Crippen LogP contribution in [-0.4, -0.2) is 0 Å². The molecule has 0 atom stereocenters. The molecule has 0 aliphatic carbocycles. The third-order valence-corrected chi connectivity index (χ3v) is 3.77. The van der Waals surface area contributed by atoms with Gasteiger partial charge in [-0.25, -0.2) is 0 Å². The molecule has 3 aromatic carbocycles. The van der Waals surface area contributed by atoms with Crippen molar-refractivity contribution in [1.29, 1.82) is 0 Å².